The van der Waals surface area contributed by atoms with Crippen molar-refractivity contribution in [3.05, 3.63) is 207 Å². The van der Waals surface area contributed by atoms with E-state index in [4.69, 9.17) is 19.9 Å². The highest BCUT2D eigenvalue weighted by molar-refractivity contribution is 5.99. The number of pyridine rings is 4. The Labute approximate surface area is 346 Å². The van der Waals surface area contributed by atoms with Crippen LogP contribution in [0.5, 0.6) is 0 Å². The van der Waals surface area contributed by atoms with Crippen molar-refractivity contribution in [3.63, 3.8) is 0 Å². The van der Waals surface area contributed by atoms with E-state index in [1.807, 2.05) is 12.4 Å². The lowest BCUT2D eigenvalue weighted by molar-refractivity contribution is 1.34. The first-order chi connectivity index (χ1) is 29.6. The predicted molar refractivity (Wildman–Crippen MR) is 250 cm³/mol. The van der Waals surface area contributed by atoms with Gasteiger partial charge in [0.1, 0.15) is 0 Å². The highest BCUT2D eigenvalue weighted by Crippen LogP contribution is 2.38. The fourth-order valence-corrected chi connectivity index (χ4v) is 8.61. The van der Waals surface area contributed by atoms with E-state index in [1.165, 1.54) is 21.5 Å². The van der Waals surface area contributed by atoms with Crippen LogP contribution in [-0.4, -0.2) is 19.9 Å². The van der Waals surface area contributed by atoms with Gasteiger partial charge in [0.2, 0.25) is 0 Å². The summed E-state index contributed by atoms with van der Waals surface area (Å²) in [6, 6.07) is 69.0. The molecule has 60 heavy (non-hydrogen) atoms. The second kappa shape index (κ2) is 13.8. The number of nitrogens with zero attached hydrogens (tertiary/aromatic N) is 4. The molecule has 278 valence electrons. The molecule has 0 bridgehead atoms. The van der Waals surface area contributed by atoms with Gasteiger partial charge in [0.15, 0.2) is 0 Å². The van der Waals surface area contributed by atoms with Crippen molar-refractivity contribution in [2.24, 2.45) is 0 Å². The Bertz CT molecular complexity index is 3450. The van der Waals surface area contributed by atoms with Crippen molar-refractivity contribution in [2.45, 2.75) is 0 Å². The molecule has 12 rings (SSSR count). The number of benzene rings is 8. The zero-order valence-corrected chi connectivity index (χ0v) is 32.4. The average molecular weight is 763 g/mol. The fraction of sp³-hybridized carbons (Fsp3) is 0. The van der Waals surface area contributed by atoms with E-state index in [-0.39, 0.29) is 0 Å². The van der Waals surface area contributed by atoms with Gasteiger partial charge in [-0.25, -0.2) is 9.97 Å². The van der Waals surface area contributed by atoms with E-state index >= 15 is 0 Å². The maximum absolute atomic E-state index is 5.30. The molecule has 4 aromatic heterocycles. The molecule has 8 aromatic carbocycles. The van der Waals surface area contributed by atoms with Crippen molar-refractivity contribution < 1.29 is 0 Å². The van der Waals surface area contributed by atoms with Crippen LogP contribution in [0.3, 0.4) is 0 Å². The maximum Gasteiger partial charge on any atom is 0.0715 e. The van der Waals surface area contributed by atoms with E-state index in [1.54, 1.807) is 0 Å². The topological polar surface area (TPSA) is 51.6 Å². The predicted octanol–water partition coefficient (Wildman–Crippen LogP) is 14.5. The number of hydrogen-bond acceptors (Lipinski definition) is 4. The molecule has 4 nitrogen and oxygen atoms in total. The van der Waals surface area contributed by atoms with Crippen molar-refractivity contribution in [2.75, 3.05) is 0 Å². The van der Waals surface area contributed by atoms with Gasteiger partial charge in [0.05, 0.1) is 33.8 Å². The summed E-state index contributed by atoms with van der Waals surface area (Å²) in [4.78, 5) is 20.6. The molecule has 4 heterocycles. The Kier molecular flexibility index (Phi) is 7.82. The molecule has 0 radical (unpaired) electrons. The van der Waals surface area contributed by atoms with Crippen LogP contribution in [0.15, 0.2) is 207 Å². The lowest BCUT2D eigenvalue weighted by Gasteiger charge is -2.15. The van der Waals surface area contributed by atoms with Crippen LogP contribution in [0.2, 0.25) is 0 Å². The monoisotopic (exact) mass is 762 g/mol. The molecule has 0 saturated heterocycles. The lowest BCUT2D eigenvalue weighted by atomic mass is 9.92. The Morgan fingerprint density at radius 2 is 0.533 bits per heavy atom. The molecule has 4 heteroatoms. The first-order valence-corrected chi connectivity index (χ1v) is 20.2. The second-order valence-corrected chi connectivity index (χ2v) is 15.6. The van der Waals surface area contributed by atoms with Crippen molar-refractivity contribution in [1.82, 2.24) is 19.9 Å². The minimum Gasteiger partial charge on any atom is -0.256 e. The highest BCUT2D eigenvalue weighted by Gasteiger charge is 2.15. The average Bonchev–Trinajstić information content (AvgIpc) is 3.31. The Morgan fingerprint density at radius 3 is 0.933 bits per heavy atom. The molecule has 0 aliphatic carbocycles. The minimum absolute atomic E-state index is 0.899. The molecule has 0 N–H and O–H groups in total. The van der Waals surface area contributed by atoms with Crippen LogP contribution in [-0.2, 0) is 0 Å². The van der Waals surface area contributed by atoms with Crippen LogP contribution in [0.1, 0.15) is 0 Å². The number of hydrogen-bond donors (Lipinski definition) is 0. The van der Waals surface area contributed by atoms with Crippen LogP contribution >= 0.6 is 0 Å². The summed E-state index contributed by atoms with van der Waals surface area (Å²) in [5, 5.41) is 11.5. The number of rotatable bonds is 5. The van der Waals surface area contributed by atoms with Gasteiger partial charge in [-0.3, -0.25) is 9.97 Å². The molecule has 0 atom stereocenters. The molecule has 0 spiro atoms. The maximum atomic E-state index is 5.30. The number of aromatic nitrogens is 4. The summed E-state index contributed by atoms with van der Waals surface area (Å²) in [7, 11) is 0. The SMILES string of the molecule is c1ccc2cc(-c3cc(-c4cc(-c5ccc6cc7ccccc7cc6n5)cc(-c5ccc6cc7ccccc7cc6n5)c4)cc(-c4cc5ccccc5cn4)c3)ncc2c1. The van der Waals surface area contributed by atoms with Gasteiger partial charge in [0, 0.05) is 56.2 Å². The van der Waals surface area contributed by atoms with Gasteiger partial charge in [-0.1, -0.05) is 109 Å². The zero-order chi connectivity index (χ0) is 39.6. The van der Waals surface area contributed by atoms with Crippen LogP contribution in [0.4, 0.5) is 0 Å². The molecule has 12 aromatic rings. The van der Waals surface area contributed by atoms with E-state index in [0.29, 0.717) is 0 Å². The highest BCUT2D eigenvalue weighted by atomic mass is 14.7. The molecular formula is C56H34N4. The zero-order valence-electron chi connectivity index (χ0n) is 32.4. The van der Waals surface area contributed by atoms with E-state index < -0.39 is 0 Å². The molecule has 0 aliphatic heterocycles. The molecule has 0 amide bonds. The normalized spacial score (nSPS) is 11.7. The van der Waals surface area contributed by atoms with Crippen LogP contribution in [0.25, 0.3) is 121 Å². The van der Waals surface area contributed by atoms with E-state index in [0.717, 1.165) is 99.5 Å². The molecule has 0 fully saturated rings. The molecule has 0 aliphatic rings. The summed E-state index contributed by atoms with van der Waals surface area (Å²) in [5.74, 6) is 0. The minimum atomic E-state index is 0.899. The van der Waals surface area contributed by atoms with Crippen molar-refractivity contribution in [3.8, 4) is 56.2 Å². The summed E-state index contributed by atoms with van der Waals surface area (Å²) in [5.41, 5.74) is 11.7. The van der Waals surface area contributed by atoms with Gasteiger partial charge in [-0.05, 0) is 128 Å². The standard InChI is InChI=1S/C56H34N4/c1-3-11-37-31-55-41(21-35(37)9-1)17-19-51(59-55)47-23-45(24-48(27-47)52-20-18-42-22-36-10-2-4-12-38(36)32-56(42)60-52)46-25-49(53-29-39-13-5-7-15-43(39)33-57-53)28-50(26-46)54-30-40-14-6-8-16-44(40)34-58-54/h1-34H. The van der Waals surface area contributed by atoms with Gasteiger partial charge in [-0.2, -0.15) is 0 Å². The third kappa shape index (κ3) is 6.10. The summed E-state index contributed by atoms with van der Waals surface area (Å²) >= 11 is 0. The third-order valence-corrected chi connectivity index (χ3v) is 11.8. The van der Waals surface area contributed by atoms with E-state index in [9.17, 15) is 0 Å². The van der Waals surface area contributed by atoms with Gasteiger partial charge in [-0.15, -0.1) is 0 Å². The van der Waals surface area contributed by atoms with Gasteiger partial charge in [0.25, 0.3) is 0 Å². The smallest absolute Gasteiger partial charge is 0.0715 e. The summed E-state index contributed by atoms with van der Waals surface area (Å²) in [6.07, 6.45) is 3.93. The van der Waals surface area contributed by atoms with Crippen molar-refractivity contribution in [1.29, 1.82) is 0 Å². The quantitative estimate of drug-likeness (QED) is 0.164. The van der Waals surface area contributed by atoms with Crippen LogP contribution < -0.4 is 0 Å². The second-order valence-electron chi connectivity index (χ2n) is 15.6. The number of fused-ring (bicyclic) bond motifs is 6. The van der Waals surface area contributed by atoms with Gasteiger partial charge < -0.3 is 0 Å². The Balaban J connectivity index is 1.08. The van der Waals surface area contributed by atoms with Crippen molar-refractivity contribution >= 4 is 64.9 Å². The molecule has 0 unspecified atom stereocenters. The molecule has 0 saturated carbocycles. The van der Waals surface area contributed by atoms with E-state index in [2.05, 4.69) is 194 Å². The largest absolute Gasteiger partial charge is 0.256 e. The molecular weight excluding hydrogens is 729 g/mol. The lowest BCUT2D eigenvalue weighted by Crippen LogP contribution is -1.93. The summed E-state index contributed by atoms with van der Waals surface area (Å²) < 4.78 is 0. The fourth-order valence-electron chi connectivity index (χ4n) is 8.61. The third-order valence-electron chi connectivity index (χ3n) is 11.8. The van der Waals surface area contributed by atoms with Crippen LogP contribution in [0, 0.1) is 0 Å². The Morgan fingerprint density at radius 1 is 0.217 bits per heavy atom. The first-order valence-electron chi connectivity index (χ1n) is 20.2. The Hall–Kier alpha value is -8.08. The van der Waals surface area contributed by atoms with Gasteiger partial charge >= 0.3 is 0 Å². The summed E-state index contributed by atoms with van der Waals surface area (Å²) in [6.45, 7) is 0. The first kappa shape index (κ1) is 34.0.